The van der Waals surface area contributed by atoms with Crippen molar-refractivity contribution >= 4 is 24.0 Å². The van der Waals surface area contributed by atoms with Crippen LogP contribution in [-0.4, -0.2) is 19.7 Å². The lowest BCUT2D eigenvalue weighted by atomic mass is 10.6. The minimum atomic E-state index is 0.597. The predicted molar refractivity (Wildman–Crippen MR) is 49.4 cm³/mol. The highest BCUT2D eigenvalue weighted by molar-refractivity contribution is 7.80. The highest BCUT2D eigenvalue weighted by Gasteiger charge is 2.09. The third kappa shape index (κ3) is 1.12. The Hall–Kier alpha value is -0.880. The molecule has 0 saturated carbocycles. The van der Waals surface area contributed by atoms with Crippen LogP contribution in [0.5, 0.6) is 0 Å². The summed E-state index contributed by atoms with van der Waals surface area (Å²) in [7, 11) is 1.86. The molecule has 0 spiro atoms. The van der Waals surface area contributed by atoms with Crippen molar-refractivity contribution in [2.45, 2.75) is 5.16 Å². The van der Waals surface area contributed by atoms with E-state index in [1.807, 2.05) is 12.4 Å². The fraction of sp³-hybridized carbons (Fsp3) is 0.167. The number of rotatable bonds is 1. The molecular formula is C6H6N4S2. The molecular weight excluding hydrogens is 192 g/mol. The quantitative estimate of drug-likeness (QED) is 0.701. The Labute approximate surface area is 78.7 Å². The number of hydrogen-bond acceptors (Lipinski definition) is 5. The van der Waals surface area contributed by atoms with Gasteiger partial charge in [0, 0.05) is 18.6 Å². The number of nitrogens with zero attached hydrogens (tertiary/aromatic N) is 4. The molecule has 2 aromatic rings. The monoisotopic (exact) mass is 198 g/mol. The molecule has 0 aliphatic carbocycles. The van der Waals surface area contributed by atoms with Crippen LogP contribution in [0, 0.1) is 0 Å². The molecule has 6 heteroatoms. The van der Waals surface area contributed by atoms with E-state index in [-0.39, 0.29) is 0 Å². The fourth-order valence-corrected chi connectivity index (χ4v) is 1.64. The van der Waals surface area contributed by atoms with Gasteiger partial charge in [0.25, 0.3) is 0 Å². The second-order valence-electron chi connectivity index (χ2n) is 2.22. The van der Waals surface area contributed by atoms with Crippen molar-refractivity contribution in [3.63, 3.8) is 0 Å². The van der Waals surface area contributed by atoms with E-state index in [1.54, 1.807) is 10.8 Å². The van der Waals surface area contributed by atoms with Crippen molar-refractivity contribution in [2.24, 2.45) is 7.05 Å². The van der Waals surface area contributed by atoms with Gasteiger partial charge < -0.3 is 4.57 Å². The van der Waals surface area contributed by atoms with E-state index < -0.39 is 0 Å². The van der Waals surface area contributed by atoms with Crippen LogP contribution in [0.4, 0.5) is 0 Å². The molecule has 2 rings (SSSR count). The van der Waals surface area contributed by atoms with Crippen molar-refractivity contribution in [3.8, 4) is 10.8 Å². The van der Waals surface area contributed by atoms with E-state index in [2.05, 4.69) is 27.8 Å². The summed E-state index contributed by atoms with van der Waals surface area (Å²) in [6.45, 7) is 0. The van der Waals surface area contributed by atoms with Gasteiger partial charge in [-0.15, -0.1) is 34.2 Å². The van der Waals surface area contributed by atoms with Gasteiger partial charge in [0.2, 0.25) is 0 Å². The lowest BCUT2D eigenvalue weighted by Gasteiger charge is -1.94. The van der Waals surface area contributed by atoms with Crippen molar-refractivity contribution in [1.82, 2.24) is 19.7 Å². The van der Waals surface area contributed by atoms with Crippen LogP contribution in [0.1, 0.15) is 0 Å². The molecule has 0 aliphatic heterocycles. The Morgan fingerprint density at radius 1 is 1.50 bits per heavy atom. The first-order chi connectivity index (χ1) is 5.79. The first kappa shape index (κ1) is 7.75. The summed E-state index contributed by atoms with van der Waals surface area (Å²) < 4.78 is 1.79. The maximum atomic E-state index is 4.12. The van der Waals surface area contributed by atoms with Crippen molar-refractivity contribution in [3.05, 3.63) is 11.6 Å². The highest BCUT2D eigenvalue weighted by atomic mass is 32.1. The van der Waals surface area contributed by atoms with Gasteiger partial charge in [-0.2, -0.15) is 0 Å². The molecule has 62 valence electrons. The summed E-state index contributed by atoms with van der Waals surface area (Å²) >= 11 is 5.65. The van der Waals surface area contributed by atoms with E-state index in [4.69, 9.17) is 0 Å². The summed E-state index contributed by atoms with van der Waals surface area (Å²) in [4.78, 5) is 4.12. The molecule has 0 aromatic carbocycles. The lowest BCUT2D eigenvalue weighted by Crippen LogP contribution is -1.92. The van der Waals surface area contributed by atoms with Crippen LogP contribution in [0.15, 0.2) is 16.7 Å². The third-order valence-electron chi connectivity index (χ3n) is 1.48. The Kier molecular flexibility index (Phi) is 1.86. The maximum absolute atomic E-state index is 4.12. The van der Waals surface area contributed by atoms with Gasteiger partial charge in [-0.3, -0.25) is 0 Å². The number of aromatic nitrogens is 4. The van der Waals surface area contributed by atoms with Gasteiger partial charge in [-0.25, -0.2) is 4.98 Å². The summed E-state index contributed by atoms with van der Waals surface area (Å²) in [5.41, 5.74) is 0. The molecule has 0 amide bonds. The van der Waals surface area contributed by atoms with Crippen LogP contribution < -0.4 is 0 Å². The van der Waals surface area contributed by atoms with Crippen LogP contribution in [0.2, 0.25) is 0 Å². The minimum Gasteiger partial charge on any atom is -0.303 e. The molecule has 0 saturated heterocycles. The Balaban J connectivity index is 2.55. The molecule has 0 bridgehead atoms. The van der Waals surface area contributed by atoms with E-state index in [9.17, 15) is 0 Å². The molecule has 2 heterocycles. The second-order valence-corrected chi connectivity index (χ2v) is 3.51. The van der Waals surface area contributed by atoms with E-state index >= 15 is 0 Å². The van der Waals surface area contributed by atoms with Gasteiger partial charge in [0.1, 0.15) is 0 Å². The SMILES string of the molecule is Cn1c(S)nnc1-c1nccs1. The Morgan fingerprint density at radius 2 is 2.33 bits per heavy atom. The van der Waals surface area contributed by atoms with E-state index in [0.29, 0.717) is 5.16 Å². The topological polar surface area (TPSA) is 43.6 Å². The molecule has 0 fully saturated rings. The van der Waals surface area contributed by atoms with Crippen molar-refractivity contribution in [1.29, 1.82) is 0 Å². The summed E-state index contributed by atoms with van der Waals surface area (Å²) in [5, 5.41) is 11.1. The molecule has 4 nitrogen and oxygen atoms in total. The predicted octanol–water partition coefficient (Wildman–Crippen LogP) is 1.23. The normalized spacial score (nSPS) is 10.5. The molecule has 12 heavy (non-hydrogen) atoms. The second kappa shape index (κ2) is 2.87. The first-order valence-corrected chi connectivity index (χ1v) is 4.60. The fourth-order valence-electron chi connectivity index (χ4n) is 0.841. The van der Waals surface area contributed by atoms with Crippen LogP contribution in [0.25, 0.3) is 10.8 Å². The van der Waals surface area contributed by atoms with Crippen LogP contribution in [-0.2, 0) is 7.05 Å². The van der Waals surface area contributed by atoms with Gasteiger partial charge >= 0.3 is 0 Å². The van der Waals surface area contributed by atoms with Crippen LogP contribution in [0.3, 0.4) is 0 Å². The van der Waals surface area contributed by atoms with Crippen molar-refractivity contribution in [2.75, 3.05) is 0 Å². The smallest absolute Gasteiger partial charge is 0.193 e. The van der Waals surface area contributed by atoms with Gasteiger partial charge in [0.15, 0.2) is 16.0 Å². The standard InChI is InChI=1S/C6H6N4S2/c1-10-4(8-9-6(10)11)5-7-2-3-12-5/h2-3H,1H3,(H,9,11). The molecule has 0 atom stereocenters. The number of hydrogen-bond donors (Lipinski definition) is 1. The molecule has 2 aromatic heterocycles. The summed E-state index contributed by atoms with van der Waals surface area (Å²) in [6.07, 6.45) is 1.74. The van der Waals surface area contributed by atoms with E-state index in [1.165, 1.54) is 11.3 Å². The zero-order chi connectivity index (χ0) is 8.55. The number of thiazole rings is 1. The average Bonchev–Trinajstić information content (AvgIpc) is 2.64. The number of thiol groups is 1. The molecule has 0 aliphatic rings. The van der Waals surface area contributed by atoms with Crippen LogP contribution >= 0.6 is 24.0 Å². The Bertz CT molecular complexity index is 378. The molecule has 0 N–H and O–H groups in total. The van der Waals surface area contributed by atoms with E-state index in [0.717, 1.165) is 10.8 Å². The molecule has 0 radical (unpaired) electrons. The zero-order valence-corrected chi connectivity index (χ0v) is 8.01. The average molecular weight is 198 g/mol. The third-order valence-corrected chi connectivity index (χ3v) is 2.63. The largest absolute Gasteiger partial charge is 0.303 e. The molecule has 0 unspecified atom stereocenters. The first-order valence-electron chi connectivity index (χ1n) is 3.27. The minimum absolute atomic E-state index is 0.597. The maximum Gasteiger partial charge on any atom is 0.193 e. The summed E-state index contributed by atoms with van der Waals surface area (Å²) in [5.74, 6) is 0.759. The lowest BCUT2D eigenvalue weighted by molar-refractivity contribution is 0.797. The van der Waals surface area contributed by atoms with Gasteiger partial charge in [-0.1, -0.05) is 0 Å². The highest BCUT2D eigenvalue weighted by Crippen LogP contribution is 2.20. The van der Waals surface area contributed by atoms with Crippen molar-refractivity contribution < 1.29 is 0 Å². The Morgan fingerprint density at radius 3 is 2.83 bits per heavy atom. The summed E-state index contributed by atoms with van der Waals surface area (Å²) in [6, 6.07) is 0. The zero-order valence-electron chi connectivity index (χ0n) is 6.30. The van der Waals surface area contributed by atoms with Gasteiger partial charge in [0.05, 0.1) is 0 Å². The van der Waals surface area contributed by atoms with Gasteiger partial charge in [-0.05, 0) is 0 Å².